The molecule has 1 aromatic carbocycles. The summed E-state index contributed by atoms with van der Waals surface area (Å²) in [6, 6.07) is 4.99. The van der Waals surface area contributed by atoms with E-state index in [9.17, 15) is 8.78 Å². The van der Waals surface area contributed by atoms with E-state index in [4.69, 9.17) is 9.47 Å². The van der Waals surface area contributed by atoms with Gasteiger partial charge in [-0.05, 0) is 24.6 Å². The van der Waals surface area contributed by atoms with Gasteiger partial charge in [0.15, 0.2) is 5.96 Å². The van der Waals surface area contributed by atoms with Crippen LogP contribution in [0.3, 0.4) is 0 Å². The maximum atomic E-state index is 12.7. The molecule has 0 bridgehead atoms. The van der Waals surface area contributed by atoms with Crippen LogP contribution in [0.4, 0.5) is 8.78 Å². The van der Waals surface area contributed by atoms with Crippen LogP contribution in [0.15, 0.2) is 23.2 Å². The van der Waals surface area contributed by atoms with Crippen molar-refractivity contribution in [2.24, 2.45) is 16.3 Å². The van der Waals surface area contributed by atoms with Crippen LogP contribution in [0, 0.1) is 11.3 Å². The smallest absolute Gasteiger partial charge is 0.387 e. The van der Waals surface area contributed by atoms with Gasteiger partial charge in [-0.1, -0.05) is 13.8 Å². The van der Waals surface area contributed by atoms with Gasteiger partial charge in [0.1, 0.15) is 11.5 Å². The fourth-order valence-electron chi connectivity index (χ4n) is 4.17. The number of hydrogen-bond acceptors (Lipinski definition) is 4. The lowest BCUT2D eigenvalue weighted by molar-refractivity contribution is -0.106. The third-order valence-electron chi connectivity index (χ3n) is 5.55. The fourth-order valence-corrected chi connectivity index (χ4v) is 4.17. The maximum Gasteiger partial charge on any atom is 0.387 e. The second-order valence-electron chi connectivity index (χ2n) is 7.47. The van der Waals surface area contributed by atoms with Crippen LogP contribution in [0.5, 0.6) is 11.5 Å². The molecule has 0 radical (unpaired) electrons. The molecule has 2 aliphatic rings. The summed E-state index contributed by atoms with van der Waals surface area (Å²) in [7, 11) is 3.21. The summed E-state index contributed by atoms with van der Waals surface area (Å²) in [4.78, 5) is 4.27. The summed E-state index contributed by atoms with van der Waals surface area (Å²) >= 11 is 0. The Bertz CT molecular complexity index is 703. The molecule has 1 saturated carbocycles. The van der Waals surface area contributed by atoms with Gasteiger partial charge in [0, 0.05) is 43.1 Å². The number of fused-ring (bicyclic) bond motifs is 1. The molecule has 1 aliphatic carbocycles. The molecule has 0 spiro atoms. The summed E-state index contributed by atoms with van der Waals surface area (Å²) in [6.07, 6.45) is 1.31. The molecule has 158 valence electrons. The Balaban J connectivity index is 0.00000280. The minimum absolute atomic E-state index is 0. The van der Waals surface area contributed by atoms with Crippen molar-refractivity contribution in [3.63, 3.8) is 0 Å². The normalized spacial score (nSPS) is 25.4. The molecule has 2 N–H and O–H groups in total. The Hall–Kier alpha value is -1.36. The number of nitrogens with one attached hydrogen (secondary N) is 2. The largest absolute Gasteiger partial charge is 0.497 e. The first-order valence-electron chi connectivity index (χ1n) is 9.07. The van der Waals surface area contributed by atoms with Crippen LogP contribution in [0.1, 0.15) is 25.8 Å². The molecule has 3 atom stereocenters. The molecule has 2 fully saturated rings. The van der Waals surface area contributed by atoms with Gasteiger partial charge in [0.05, 0.1) is 13.2 Å². The highest BCUT2D eigenvalue weighted by atomic mass is 127. The molecule has 1 aromatic rings. The second kappa shape index (κ2) is 9.43. The zero-order valence-corrected chi connectivity index (χ0v) is 18.8. The van der Waals surface area contributed by atoms with Crippen molar-refractivity contribution in [1.29, 1.82) is 0 Å². The first-order chi connectivity index (χ1) is 12.9. The van der Waals surface area contributed by atoms with E-state index in [1.54, 1.807) is 19.2 Å². The van der Waals surface area contributed by atoms with E-state index in [0.717, 1.165) is 13.0 Å². The molecule has 6 nitrogen and oxygen atoms in total. The Morgan fingerprint density at radius 3 is 2.79 bits per heavy atom. The van der Waals surface area contributed by atoms with E-state index in [-0.39, 0.29) is 53.8 Å². The number of methoxy groups -OCH3 is 1. The highest BCUT2D eigenvalue weighted by molar-refractivity contribution is 14.0. The van der Waals surface area contributed by atoms with Gasteiger partial charge >= 0.3 is 6.61 Å². The fraction of sp³-hybridized carbons (Fsp3) is 0.632. The third-order valence-corrected chi connectivity index (χ3v) is 5.55. The van der Waals surface area contributed by atoms with Crippen molar-refractivity contribution in [2.45, 2.75) is 45.6 Å². The molecular weight excluding hydrogens is 483 g/mol. The highest BCUT2D eigenvalue weighted by Crippen LogP contribution is 2.52. The van der Waals surface area contributed by atoms with Crippen LogP contribution >= 0.6 is 24.0 Å². The van der Waals surface area contributed by atoms with Crippen LogP contribution < -0.4 is 20.1 Å². The predicted molar refractivity (Wildman–Crippen MR) is 114 cm³/mol. The van der Waals surface area contributed by atoms with E-state index < -0.39 is 6.61 Å². The lowest BCUT2D eigenvalue weighted by atomic mass is 9.57. The number of aliphatic imine (C=N–C) groups is 1. The standard InChI is InChI=1S/C19H27F2N3O3.HI/c1-19(2)15(13-7-8-26-16(13)19)24-18(22-3)23-10-11-9-12(25-4)5-6-14(11)27-17(20)21;/h5-6,9,13,15-17H,7-8,10H2,1-4H3,(H2,22,23,24);1H. The third kappa shape index (κ3) is 4.61. The molecule has 0 amide bonds. The number of hydrogen-bond donors (Lipinski definition) is 2. The van der Waals surface area contributed by atoms with Crippen molar-refractivity contribution < 1.29 is 23.0 Å². The average molecular weight is 511 g/mol. The average Bonchev–Trinajstić information content (AvgIpc) is 3.09. The van der Waals surface area contributed by atoms with Crippen molar-refractivity contribution in [3.05, 3.63) is 23.8 Å². The highest BCUT2D eigenvalue weighted by Gasteiger charge is 2.59. The monoisotopic (exact) mass is 511 g/mol. The molecule has 1 saturated heterocycles. The number of nitrogens with zero attached hydrogens (tertiary/aromatic N) is 1. The summed E-state index contributed by atoms with van der Waals surface area (Å²) < 4.78 is 40.9. The van der Waals surface area contributed by atoms with Gasteiger partial charge in [0.25, 0.3) is 0 Å². The second-order valence-corrected chi connectivity index (χ2v) is 7.47. The van der Waals surface area contributed by atoms with E-state index in [2.05, 4.69) is 34.2 Å². The van der Waals surface area contributed by atoms with Gasteiger partial charge in [-0.2, -0.15) is 8.78 Å². The predicted octanol–water partition coefficient (Wildman–Crippen LogP) is 3.39. The number of alkyl halides is 2. The van der Waals surface area contributed by atoms with Crippen molar-refractivity contribution in [3.8, 4) is 11.5 Å². The number of rotatable bonds is 6. The topological polar surface area (TPSA) is 64.1 Å². The van der Waals surface area contributed by atoms with Gasteiger partial charge in [-0.3, -0.25) is 4.99 Å². The minimum atomic E-state index is -2.88. The van der Waals surface area contributed by atoms with Gasteiger partial charge in [-0.15, -0.1) is 24.0 Å². The number of benzene rings is 1. The lowest BCUT2D eigenvalue weighted by Crippen LogP contribution is -2.67. The Labute approximate surface area is 181 Å². The number of halogens is 3. The van der Waals surface area contributed by atoms with Crippen molar-refractivity contribution in [2.75, 3.05) is 20.8 Å². The van der Waals surface area contributed by atoms with Gasteiger partial charge in [0.2, 0.25) is 0 Å². The zero-order valence-electron chi connectivity index (χ0n) is 16.5. The molecule has 9 heteroatoms. The Morgan fingerprint density at radius 2 is 2.14 bits per heavy atom. The minimum Gasteiger partial charge on any atom is -0.497 e. The quantitative estimate of drug-likeness (QED) is 0.349. The Kier molecular flexibility index (Phi) is 7.72. The molecule has 3 unspecified atom stereocenters. The molecular formula is C19H28F2IN3O3. The first kappa shape index (κ1) is 22.9. The SMILES string of the molecule is CN=C(NCc1cc(OC)ccc1OC(F)F)NC1C2CCOC2C1(C)C.I. The Morgan fingerprint density at radius 1 is 1.39 bits per heavy atom. The van der Waals surface area contributed by atoms with E-state index in [1.165, 1.54) is 13.2 Å². The molecule has 3 rings (SSSR count). The van der Waals surface area contributed by atoms with E-state index in [0.29, 0.717) is 23.2 Å². The first-order valence-corrected chi connectivity index (χ1v) is 9.07. The molecule has 1 heterocycles. The van der Waals surface area contributed by atoms with E-state index >= 15 is 0 Å². The summed E-state index contributed by atoms with van der Waals surface area (Å²) in [5.41, 5.74) is 0.575. The van der Waals surface area contributed by atoms with Crippen molar-refractivity contribution in [1.82, 2.24) is 10.6 Å². The van der Waals surface area contributed by atoms with Gasteiger partial charge in [-0.25, -0.2) is 0 Å². The van der Waals surface area contributed by atoms with Crippen LogP contribution in [-0.4, -0.2) is 45.5 Å². The summed E-state index contributed by atoms with van der Waals surface area (Å²) in [6.45, 7) is 2.55. The number of guanidine groups is 1. The lowest BCUT2D eigenvalue weighted by Gasteiger charge is -2.54. The molecule has 0 aromatic heterocycles. The van der Waals surface area contributed by atoms with Crippen molar-refractivity contribution >= 4 is 29.9 Å². The van der Waals surface area contributed by atoms with Crippen LogP contribution in [-0.2, 0) is 11.3 Å². The molecule has 28 heavy (non-hydrogen) atoms. The van der Waals surface area contributed by atoms with Crippen LogP contribution in [0.25, 0.3) is 0 Å². The summed E-state index contributed by atoms with van der Waals surface area (Å²) in [5.74, 6) is 1.77. The van der Waals surface area contributed by atoms with Crippen LogP contribution in [0.2, 0.25) is 0 Å². The summed E-state index contributed by atoms with van der Waals surface area (Å²) in [5, 5.41) is 6.65. The maximum absolute atomic E-state index is 12.7. The number of ether oxygens (including phenoxy) is 3. The zero-order chi connectivity index (χ0) is 19.6. The van der Waals surface area contributed by atoms with E-state index in [1.807, 2.05) is 0 Å². The molecule has 1 aliphatic heterocycles. The van der Waals surface area contributed by atoms with Gasteiger partial charge < -0.3 is 24.8 Å².